The quantitative estimate of drug-likeness (QED) is 0.835. The lowest BCUT2D eigenvalue weighted by Gasteiger charge is -2.37. The zero-order chi connectivity index (χ0) is 16.9. The van der Waals surface area contributed by atoms with Crippen molar-refractivity contribution in [2.24, 2.45) is 22.7 Å². The van der Waals surface area contributed by atoms with Crippen LogP contribution in [0.4, 0.5) is 0 Å². The summed E-state index contributed by atoms with van der Waals surface area (Å²) in [6.07, 6.45) is 7.63. The van der Waals surface area contributed by atoms with E-state index in [1.165, 1.54) is 6.42 Å². The van der Waals surface area contributed by atoms with E-state index in [1.807, 2.05) is 0 Å². The van der Waals surface area contributed by atoms with Crippen molar-refractivity contribution in [1.82, 2.24) is 4.72 Å². The van der Waals surface area contributed by atoms with Crippen LogP contribution >= 0.6 is 0 Å². The number of fused-ring (bicyclic) bond motifs is 2. The number of nitrogens with one attached hydrogen (secondary N) is 1. The molecule has 3 aliphatic rings. The highest BCUT2D eigenvalue weighted by Gasteiger charge is 2.65. The Kier molecular flexibility index (Phi) is 4.41. The van der Waals surface area contributed by atoms with Crippen LogP contribution in [-0.2, 0) is 14.8 Å². The van der Waals surface area contributed by atoms with E-state index >= 15 is 0 Å². The highest BCUT2D eigenvalue weighted by atomic mass is 32.2. The molecule has 0 aliphatic heterocycles. The second kappa shape index (κ2) is 5.83. The highest BCUT2D eigenvalue weighted by molar-refractivity contribution is 7.89. The molecular weight excluding hydrogens is 310 g/mol. The fourth-order valence-corrected chi connectivity index (χ4v) is 7.63. The molecule has 5 heteroatoms. The minimum atomic E-state index is -3.41. The summed E-state index contributed by atoms with van der Waals surface area (Å²) in [5, 5.41) is 0. The van der Waals surface area contributed by atoms with Crippen LogP contribution in [0.3, 0.4) is 0 Å². The standard InChI is InChI=1S/C18H31NO3S/c1-4-13-6-5-7-15(10-13)19-23(21,22)12-18-9-8-14(11-16(18)20)17(18,2)3/h13-15,19H,4-12H2,1-3H3/t13-,14-,15-,18-/m0/s1. The number of ketones is 1. The summed E-state index contributed by atoms with van der Waals surface area (Å²) in [5.74, 6) is 1.17. The summed E-state index contributed by atoms with van der Waals surface area (Å²) in [6.45, 7) is 6.37. The monoisotopic (exact) mass is 341 g/mol. The van der Waals surface area contributed by atoms with E-state index in [2.05, 4.69) is 25.5 Å². The molecule has 3 fully saturated rings. The molecular formula is C18H31NO3S. The van der Waals surface area contributed by atoms with Crippen LogP contribution in [0.1, 0.15) is 72.1 Å². The number of hydrogen-bond acceptors (Lipinski definition) is 3. The molecule has 0 heterocycles. The Morgan fingerprint density at radius 2 is 1.96 bits per heavy atom. The lowest BCUT2D eigenvalue weighted by atomic mass is 9.70. The normalized spacial score (nSPS) is 39.8. The predicted molar refractivity (Wildman–Crippen MR) is 91.5 cm³/mol. The first-order valence-corrected chi connectivity index (χ1v) is 10.9. The van der Waals surface area contributed by atoms with Crippen molar-refractivity contribution in [2.45, 2.75) is 78.2 Å². The third-order valence-corrected chi connectivity index (χ3v) is 8.85. The lowest BCUT2D eigenvalue weighted by Crippen LogP contribution is -2.48. The topological polar surface area (TPSA) is 63.2 Å². The summed E-state index contributed by atoms with van der Waals surface area (Å²) in [7, 11) is -3.41. The van der Waals surface area contributed by atoms with Crippen molar-refractivity contribution in [3.05, 3.63) is 0 Å². The van der Waals surface area contributed by atoms with Crippen LogP contribution in [0.15, 0.2) is 0 Å². The molecule has 4 atom stereocenters. The number of Topliss-reactive ketones (excluding diaryl/α,β-unsaturated/α-hetero) is 1. The Morgan fingerprint density at radius 1 is 1.22 bits per heavy atom. The predicted octanol–water partition coefficient (Wildman–Crippen LogP) is 3.27. The molecule has 3 saturated carbocycles. The third kappa shape index (κ3) is 2.88. The molecule has 0 amide bonds. The average molecular weight is 342 g/mol. The molecule has 1 N–H and O–H groups in total. The second-order valence-electron chi connectivity index (χ2n) is 8.68. The molecule has 3 rings (SSSR count). The fraction of sp³-hybridized carbons (Fsp3) is 0.944. The van der Waals surface area contributed by atoms with Gasteiger partial charge in [0.1, 0.15) is 5.78 Å². The van der Waals surface area contributed by atoms with Crippen molar-refractivity contribution in [3.8, 4) is 0 Å². The number of rotatable bonds is 5. The first-order chi connectivity index (χ1) is 10.7. The van der Waals surface area contributed by atoms with Crippen molar-refractivity contribution < 1.29 is 13.2 Å². The highest BCUT2D eigenvalue weighted by Crippen LogP contribution is 2.64. The van der Waals surface area contributed by atoms with Gasteiger partial charge in [0.2, 0.25) is 10.0 Å². The Morgan fingerprint density at radius 3 is 2.52 bits per heavy atom. The van der Waals surface area contributed by atoms with E-state index in [9.17, 15) is 13.2 Å². The molecule has 4 nitrogen and oxygen atoms in total. The minimum Gasteiger partial charge on any atom is -0.299 e. The van der Waals surface area contributed by atoms with Gasteiger partial charge in [0, 0.05) is 17.9 Å². The van der Waals surface area contributed by atoms with Gasteiger partial charge < -0.3 is 0 Å². The van der Waals surface area contributed by atoms with Crippen LogP contribution in [0, 0.1) is 22.7 Å². The molecule has 2 bridgehead atoms. The number of carbonyl (C=O) groups excluding carboxylic acids is 1. The number of sulfonamides is 1. The van der Waals surface area contributed by atoms with E-state index in [0.717, 1.165) is 38.5 Å². The van der Waals surface area contributed by atoms with Crippen LogP contribution in [0.2, 0.25) is 0 Å². The van der Waals surface area contributed by atoms with Gasteiger partial charge in [-0.15, -0.1) is 0 Å². The first kappa shape index (κ1) is 17.4. The Balaban J connectivity index is 1.72. The van der Waals surface area contributed by atoms with Crippen molar-refractivity contribution in [2.75, 3.05) is 5.75 Å². The summed E-state index contributed by atoms with van der Waals surface area (Å²) in [6, 6.07) is 0.0620. The van der Waals surface area contributed by atoms with Gasteiger partial charge in [-0.2, -0.15) is 0 Å². The number of carbonyl (C=O) groups is 1. The molecule has 23 heavy (non-hydrogen) atoms. The molecule has 0 aromatic heterocycles. The fourth-order valence-electron chi connectivity index (χ4n) is 5.50. The zero-order valence-electron chi connectivity index (χ0n) is 14.7. The second-order valence-corrected chi connectivity index (χ2v) is 10.4. The van der Waals surface area contributed by atoms with Crippen LogP contribution < -0.4 is 4.72 Å². The largest absolute Gasteiger partial charge is 0.299 e. The van der Waals surface area contributed by atoms with Crippen LogP contribution in [-0.4, -0.2) is 26.0 Å². The molecule has 0 unspecified atom stereocenters. The summed E-state index contributed by atoms with van der Waals surface area (Å²) in [5.41, 5.74) is -0.834. The average Bonchev–Trinajstić information content (AvgIpc) is 2.80. The Bertz CT molecular complexity index is 583. The molecule has 0 saturated heterocycles. The van der Waals surface area contributed by atoms with E-state index < -0.39 is 15.4 Å². The molecule has 3 aliphatic carbocycles. The van der Waals surface area contributed by atoms with Gasteiger partial charge in [0.05, 0.1) is 5.75 Å². The summed E-state index contributed by atoms with van der Waals surface area (Å²) >= 11 is 0. The van der Waals surface area contributed by atoms with E-state index in [1.54, 1.807) is 0 Å². The van der Waals surface area contributed by atoms with Gasteiger partial charge in [0.25, 0.3) is 0 Å². The molecule has 132 valence electrons. The van der Waals surface area contributed by atoms with E-state index in [-0.39, 0.29) is 23.0 Å². The van der Waals surface area contributed by atoms with Gasteiger partial charge >= 0.3 is 0 Å². The van der Waals surface area contributed by atoms with Crippen molar-refractivity contribution in [3.63, 3.8) is 0 Å². The maximum atomic E-state index is 12.8. The van der Waals surface area contributed by atoms with Crippen LogP contribution in [0.5, 0.6) is 0 Å². The van der Waals surface area contributed by atoms with Crippen molar-refractivity contribution in [1.29, 1.82) is 0 Å². The smallest absolute Gasteiger partial charge is 0.212 e. The van der Waals surface area contributed by atoms with Gasteiger partial charge in [-0.25, -0.2) is 13.1 Å². The van der Waals surface area contributed by atoms with Gasteiger partial charge in [-0.05, 0) is 42.9 Å². The van der Waals surface area contributed by atoms with E-state index in [4.69, 9.17) is 0 Å². The molecule has 0 spiro atoms. The lowest BCUT2D eigenvalue weighted by molar-refractivity contribution is -0.128. The summed E-state index contributed by atoms with van der Waals surface area (Å²) in [4.78, 5) is 12.5. The Labute approximate surface area is 140 Å². The number of hydrogen-bond donors (Lipinski definition) is 1. The van der Waals surface area contributed by atoms with Crippen molar-refractivity contribution >= 4 is 15.8 Å². The Hall–Kier alpha value is -0.420. The maximum Gasteiger partial charge on any atom is 0.212 e. The minimum absolute atomic E-state index is 0.00434. The molecule has 0 aromatic rings. The summed E-state index contributed by atoms with van der Waals surface area (Å²) < 4.78 is 28.5. The molecule has 0 aromatic carbocycles. The maximum absolute atomic E-state index is 12.8. The van der Waals surface area contributed by atoms with E-state index in [0.29, 0.717) is 18.3 Å². The van der Waals surface area contributed by atoms with Gasteiger partial charge in [-0.3, -0.25) is 4.79 Å². The molecule has 0 radical (unpaired) electrons. The third-order valence-electron chi connectivity index (χ3n) is 7.28. The van der Waals surface area contributed by atoms with Crippen LogP contribution in [0.25, 0.3) is 0 Å². The van der Waals surface area contributed by atoms with Gasteiger partial charge in [0.15, 0.2) is 0 Å². The van der Waals surface area contributed by atoms with Gasteiger partial charge in [-0.1, -0.05) is 40.0 Å². The zero-order valence-corrected chi connectivity index (χ0v) is 15.5. The SMILES string of the molecule is CC[C@H]1CCC[C@H](NS(=O)(=O)C[C@@]23CC[C@@H](CC2=O)C3(C)C)C1. The first-order valence-electron chi connectivity index (χ1n) is 9.23.